The second kappa shape index (κ2) is 12.6. The zero-order valence-electron chi connectivity index (χ0n) is 19.7. The summed E-state index contributed by atoms with van der Waals surface area (Å²) in [5.74, 6) is -4.56. The maximum absolute atomic E-state index is 12.6. The Bertz CT molecular complexity index is 1290. The van der Waals surface area contributed by atoms with Crippen LogP contribution in [-0.2, 0) is 20.8 Å². The van der Waals surface area contributed by atoms with Crippen molar-refractivity contribution < 1.29 is 24.6 Å². The highest BCUT2D eigenvalue weighted by Crippen LogP contribution is 2.26. The summed E-state index contributed by atoms with van der Waals surface area (Å²) in [6.45, 7) is 1.83. The number of nitrogens with one attached hydrogen (secondary N) is 1. The van der Waals surface area contributed by atoms with Gasteiger partial charge in [0.25, 0.3) is 0 Å². The zero-order valence-corrected chi connectivity index (χ0v) is 21.2. The fourth-order valence-electron chi connectivity index (χ4n) is 4.00. The monoisotopic (exact) mass is 527 g/mol. The van der Waals surface area contributed by atoms with Crippen LogP contribution in [0, 0.1) is 11.8 Å². The van der Waals surface area contributed by atoms with Crippen LogP contribution in [0.4, 0.5) is 0 Å². The van der Waals surface area contributed by atoms with Crippen LogP contribution in [0.3, 0.4) is 0 Å². The van der Waals surface area contributed by atoms with Crippen LogP contribution in [0.15, 0.2) is 66.7 Å². The summed E-state index contributed by atoms with van der Waals surface area (Å²) in [6.07, 6.45) is 3.50. The quantitative estimate of drug-likeness (QED) is 0.280. The Hall–Kier alpha value is -3.35. The lowest BCUT2D eigenvalue weighted by Crippen LogP contribution is -2.40. The van der Waals surface area contributed by atoms with Gasteiger partial charge in [-0.05, 0) is 53.4 Å². The molecule has 1 amide bonds. The number of hydrogen-bond donors (Lipinski definition) is 3. The van der Waals surface area contributed by atoms with Gasteiger partial charge in [-0.2, -0.15) is 0 Å². The molecule has 0 aliphatic carbocycles. The fourth-order valence-corrected chi connectivity index (χ4v) is 4.32. The number of carboxylic acids is 2. The highest BCUT2D eigenvalue weighted by Gasteiger charge is 2.26. The molecule has 0 saturated carbocycles. The molecule has 0 unspecified atom stereocenters. The molecule has 0 fully saturated rings. The third kappa shape index (κ3) is 7.83. The Morgan fingerprint density at radius 1 is 0.917 bits per heavy atom. The first-order valence-corrected chi connectivity index (χ1v) is 12.2. The molecular weight excluding hydrogens is 501 g/mol. The average molecular weight is 528 g/mol. The third-order valence-corrected chi connectivity index (χ3v) is 6.74. The maximum atomic E-state index is 12.6. The van der Waals surface area contributed by atoms with Gasteiger partial charge in [0.15, 0.2) is 0 Å². The van der Waals surface area contributed by atoms with Crippen molar-refractivity contribution in [3.63, 3.8) is 0 Å². The molecule has 0 aliphatic rings. The van der Waals surface area contributed by atoms with Crippen LogP contribution in [0.1, 0.15) is 30.9 Å². The highest BCUT2D eigenvalue weighted by molar-refractivity contribution is 6.42. The summed E-state index contributed by atoms with van der Waals surface area (Å²) in [4.78, 5) is 34.9. The van der Waals surface area contributed by atoms with Gasteiger partial charge in [0.1, 0.15) is 0 Å². The number of rotatable bonds is 11. The predicted molar refractivity (Wildman–Crippen MR) is 142 cm³/mol. The van der Waals surface area contributed by atoms with Crippen LogP contribution in [-0.4, -0.2) is 34.1 Å². The number of aliphatic carboxylic acids is 2. The standard InChI is InChI=1S/C28H27Cl2NO5/c1-17(31-26(32)15-23(28(35)36)16-27(33)34)21(13-19-8-11-24(29)25(30)14-19)10-7-18-6-9-20-4-2-3-5-22(20)12-18/h2-12,14,17,21,23H,13,15-16H2,1H3,(H,31,32)(H,33,34)(H,35,36)/b10-7+/t17-,21+,23-/m0/s1. The van der Waals surface area contributed by atoms with Crippen molar-refractivity contribution in [1.29, 1.82) is 0 Å². The zero-order chi connectivity index (χ0) is 26.2. The lowest BCUT2D eigenvalue weighted by molar-refractivity contribution is -0.149. The van der Waals surface area contributed by atoms with E-state index in [-0.39, 0.29) is 12.0 Å². The van der Waals surface area contributed by atoms with Gasteiger partial charge >= 0.3 is 11.9 Å². The van der Waals surface area contributed by atoms with E-state index in [1.54, 1.807) is 12.1 Å². The summed E-state index contributed by atoms with van der Waals surface area (Å²) in [5.41, 5.74) is 1.92. The Morgan fingerprint density at radius 2 is 1.64 bits per heavy atom. The first-order valence-electron chi connectivity index (χ1n) is 11.5. The number of halogens is 2. The molecule has 0 aromatic heterocycles. The normalized spacial score (nSPS) is 13.9. The molecule has 0 spiro atoms. The van der Waals surface area contributed by atoms with E-state index in [2.05, 4.69) is 11.4 Å². The second-order valence-electron chi connectivity index (χ2n) is 8.78. The van der Waals surface area contributed by atoms with Crippen molar-refractivity contribution in [1.82, 2.24) is 5.32 Å². The highest BCUT2D eigenvalue weighted by atomic mass is 35.5. The molecule has 6 nitrogen and oxygen atoms in total. The maximum Gasteiger partial charge on any atom is 0.307 e. The Balaban J connectivity index is 1.80. The van der Waals surface area contributed by atoms with Gasteiger partial charge in [-0.25, -0.2) is 0 Å². The Morgan fingerprint density at radius 3 is 2.31 bits per heavy atom. The van der Waals surface area contributed by atoms with E-state index in [0.717, 1.165) is 21.9 Å². The van der Waals surface area contributed by atoms with Crippen LogP contribution >= 0.6 is 23.2 Å². The first-order chi connectivity index (χ1) is 17.1. The number of benzene rings is 3. The topological polar surface area (TPSA) is 104 Å². The number of carboxylic acid groups (broad SMARTS) is 2. The molecule has 3 aromatic carbocycles. The number of amides is 1. The molecule has 3 rings (SSSR count). The van der Waals surface area contributed by atoms with E-state index < -0.39 is 36.6 Å². The van der Waals surface area contributed by atoms with Crippen LogP contribution in [0.25, 0.3) is 16.8 Å². The lowest BCUT2D eigenvalue weighted by atomic mass is 9.91. The lowest BCUT2D eigenvalue weighted by Gasteiger charge is -2.23. The number of hydrogen-bond acceptors (Lipinski definition) is 3. The molecule has 8 heteroatoms. The second-order valence-corrected chi connectivity index (χ2v) is 9.59. The van der Waals surface area contributed by atoms with Crippen LogP contribution < -0.4 is 5.32 Å². The van der Waals surface area contributed by atoms with Crippen molar-refractivity contribution in [3.8, 4) is 0 Å². The molecule has 0 aliphatic heterocycles. The summed E-state index contributed by atoms with van der Waals surface area (Å²) >= 11 is 12.2. The summed E-state index contributed by atoms with van der Waals surface area (Å²) < 4.78 is 0. The van der Waals surface area contributed by atoms with Crippen LogP contribution in [0.2, 0.25) is 10.0 Å². The van der Waals surface area contributed by atoms with Gasteiger partial charge in [0.05, 0.1) is 22.4 Å². The molecule has 3 aromatic rings. The molecule has 188 valence electrons. The molecule has 0 radical (unpaired) electrons. The molecule has 0 saturated heterocycles. The number of carbonyl (C=O) groups excluding carboxylic acids is 1. The van der Waals surface area contributed by atoms with Crippen molar-refractivity contribution >= 4 is 57.9 Å². The Labute approximate surface area is 219 Å². The van der Waals surface area contributed by atoms with E-state index >= 15 is 0 Å². The third-order valence-electron chi connectivity index (χ3n) is 6.00. The molecular formula is C28H27Cl2NO5. The van der Waals surface area contributed by atoms with E-state index in [0.29, 0.717) is 16.5 Å². The van der Waals surface area contributed by atoms with Gasteiger partial charge in [-0.3, -0.25) is 14.4 Å². The summed E-state index contributed by atoms with van der Waals surface area (Å²) in [7, 11) is 0. The molecule has 0 heterocycles. The van der Waals surface area contributed by atoms with Gasteiger partial charge in [0, 0.05) is 18.4 Å². The number of fused-ring (bicyclic) bond motifs is 1. The predicted octanol–water partition coefficient (Wildman–Crippen LogP) is 6.09. The largest absolute Gasteiger partial charge is 0.481 e. The van der Waals surface area contributed by atoms with E-state index in [1.807, 2.05) is 61.5 Å². The van der Waals surface area contributed by atoms with Crippen molar-refractivity contribution in [2.45, 2.75) is 32.2 Å². The minimum atomic E-state index is -1.32. The average Bonchev–Trinajstić information content (AvgIpc) is 2.82. The Kier molecular flexibility index (Phi) is 9.51. The van der Waals surface area contributed by atoms with Crippen molar-refractivity contribution in [3.05, 3.63) is 87.9 Å². The van der Waals surface area contributed by atoms with E-state index in [1.165, 1.54) is 0 Å². The van der Waals surface area contributed by atoms with Crippen LogP contribution in [0.5, 0.6) is 0 Å². The first kappa shape index (κ1) is 27.2. The SMILES string of the molecule is C[C@H](NC(=O)C[C@@H](CC(=O)O)C(=O)O)[C@H](/C=C/c1ccc2ccccc2c1)Cc1ccc(Cl)c(Cl)c1. The number of carbonyl (C=O) groups is 3. The van der Waals surface area contributed by atoms with Crippen molar-refractivity contribution in [2.75, 3.05) is 0 Å². The molecule has 0 bridgehead atoms. The van der Waals surface area contributed by atoms with E-state index in [4.69, 9.17) is 28.3 Å². The van der Waals surface area contributed by atoms with Gasteiger partial charge in [-0.15, -0.1) is 0 Å². The summed E-state index contributed by atoms with van der Waals surface area (Å²) in [6, 6.07) is 19.2. The summed E-state index contributed by atoms with van der Waals surface area (Å²) in [5, 5.41) is 24.2. The molecule has 36 heavy (non-hydrogen) atoms. The van der Waals surface area contributed by atoms with Gasteiger partial charge in [0.2, 0.25) is 5.91 Å². The fraction of sp³-hybridized carbons (Fsp3) is 0.250. The van der Waals surface area contributed by atoms with Gasteiger partial charge < -0.3 is 15.5 Å². The minimum Gasteiger partial charge on any atom is -0.481 e. The van der Waals surface area contributed by atoms with E-state index in [9.17, 15) is 19.5 Å². The molecule has 3 N–H and O–H groups in total. The smallest absolute Gasteiger partial charge is 0.307 e. The van der Waals surface area contributed by atoms with Crippen molar-refractivity contribution in [2.24, 2.45) is 11.8 Å². The molecule has 3 atom stereocenters. The van der Waals surface area contributed by atoms with Gasteiger partial charge in [-0.1, -0.05) is 77.8 Å². The minimum absolute atomic E-state index is 0.166.